The standard InChI is InChI=1S/C14H22BrNO/c1-5-16-13(8-10(2)3)11-6-7-14(17-4)12(15)9-11/h6-7,9-10,13,16H,5,8H2,1-4H3. The van der Waals surface area contributed by atoms with E-state index in [1.54, 1.807) is 7.11 Å². The molecule has 0 saturated carbocycles. The largest absolute Gasteiger partial charge is 0.496 e. The Balaban J connectivity index is 2.89. The summed E-state index contributed by atoms with van der Waals surface area (Å²) in [5, 5.41) is 3.53. The van der Waals surface area contributed by atoms with Crippen LogP contribution in [0.2, 0.25) is 0 Å². The Kier molecular flexibility index (Phi) is 6.00. The first-order valence-corrected chi connectivity index (χ1v) is 6.94. The van der Waals surface area contributed by atoms with Crippen molar-refractivity contribution in [1.82, 2.24) is 5.32 Å². The van der Waals surface area contributed by atoms with Gasteiger partial charge in [-0.25, -0.2) is 0 Å². The van der Waals surface area contributed by atoms with Gasteiger partial charge in [0.1, 0.15) is 5.75 Å². The van der Waals surface area contributed by atoms with Crippen molar-refractivity contribution in [2.24, 2.45) is 5.92 Å². The number of ether oxygens (including phenoxy) is 1. The van der Waals surface area contributed by atoms with Gasteiger partial charge in [0.15, 0.2) is 0 Å². The first kappa shape index (κ1) is 14.5. The Hall–Kier alpha value is -0.540. The van der Waals surface area contributed by atoms with E-state index in [1.807, 2.05) is 6.07 Å². The van der Waals surface area contributed by atoms with Gasteiger partial charge in [0, 0.05) is 6.04 Å². The summed E-state index contributed by atoms with van der Waals surface area (Å²) in [5.41, 5.74) is 1.31. The van der Waals surface area contributed by atoms with Gasteiger partial charge in [-0.05, 0) is 52.5 Å². The Morgan fingerprint density at radius 1 is 1.35 bits per heavy atom. The van der Waals surface area contributed by atoms with Crippen molar-refractivity contribution >= 4 is 15.9 Å². The second kappa shape index (κ2) is 7.02. The summed E-state index contributed by atoms with van der Waals surface area (Å²) in [7, 11) is 1.69. The third kappa shape index (κ3) is 4.32. The molecule has 0 aliphatic heterocycles. The van der Waals surface area contributed by atoms with E-state index in [0.717, 1.165) is 23.2 Å². The summed E-state index contributed by atoms with van der Waals surface area (Å²) in [6, 6.07) is 6.72. The van der Waals surface area contributed by atoms with Gasteiger partial charge in [-0.15, -0.1) is 0 Å². The zero-order chi connectivity index (χ0) is 12.8. The summed E-state index contributed by atoms with van der Waals surface area (Å²) in [6.07, 6.45) is 1.15. The second-order valence-corrected chi connectivity index (χ2v) is 5.49. The highest BCUT2D eigenvalue weighted by Crippen LogP contribution is 2.30. The summed E-state index contributed by atoms with van der Waals surface area (Å²) < 4.78 is 6.27. The lowest BCUT2D eigenvalue weighted by molar-refractivity contribution is 0.410. The van der Waals surface area contributed by atoms with Crippen LogP contribution in [0.3, 0.4) is 0 Å². The van der Waals surface area contributed by atoms with Crippen molar-refractivity contribution < 1.29 is 4.74 Å². The van der Waals surface area contributed by atoms with E-state index in [2.05, 4.69) is 54.2 Å². The smallest absolute Gasteiger partial charge is 0.133 e. The van der Waals surface area contributed by atoms with Gasteiger partial charge >= 0.3 is 0 Å². The zero-order valence-electron chi connectivity index (χ0n) is 11.1. The lowest BCUT2D eigenvalue weighted by Gasteiger charge is -2.21. The molecule has 1 atom stereocenters. The predicted octanol–water partition coefficient (Wildman–Crippen LogP) is 4.15. The van der Waals surface area contributed by atoms with E-state index in [0.29, 0.717) is 12.0 Å². The third-order valence-corrected chi connectivity index (χ3v) is 3.36. The van der Waals surface area contributed by atoms with E-state index in [4.69, 9.17) is 4.74 Å². The summed E-state index contributed by atoms with van der Waals surface area (Å²) >= 11 is 3.54. The van der Waals surface area contributed by atoms with Crippen LogP contribution < -0.4 is 10.1 Å². The lowest BCUT2D eigenvalue weighted by atomic mass is 9.97. The van der Waals surface area contributed by atoms with Crippen LogP contribution in [0.15, 0.2) is 22.7 Å². The first-order valence-electron chi connectivity index (χ1n) is 6.15. The highest BCUT2D eigenvalue weighted by Gasteiger charge is 2.13. The minimum atomic E-state index is 0.419. The maximum Gasteiger partial charge on any atom is 0.133 e. The molecule has 1 unspecified atom stereocenters. The molecule has 0 heterocycles. The fraction of sp³-hybridized carbons (Fsp3) is 0.571. The number of halogens is 1. The van der Waals surface area contributed by atoms with Gasteiger partial charge in [-0.1, -0.05) is 26.8 Å². The van der Waals surface area contributed by atoms with Crippen molar-refractivity contribution in [3.05, 3.63) is 28.2 Å². The molecule has 17 heavy (non-hydrogen) atoms. The normalized spacial score (nSPS) is 12.8. The number of rotatable bonds is 6. The van der Waals surface area contributed by atoms with Crippen LogP contribution in [0.4, 0.5) is 0 Å². The number of hydrogen-bond donors (Lipinski definition) is 1. The number of hydrogen-bond acceptors (Lipinski definition) is 2. The average Bonchev–Trinajstić information content (AvgIpc) is 2.28. The molecular weight excluding hydrogens is 278 g/mol. The van der Waals surface area contributed by atoms with Crippen molar-refractivity contribution in [1.29, 1.82) is 0 Å². The molecule has 0 spiro atoms. The summed E-state index contributed by atoms with van der Waals surface area (Å²) in [4.78, 5) is 0. The monoisotopic (exact) mass is 299 g/mol. The molecule has 1 rings (SSSR count). The molecule has 0 radical (unpaired) electrons. The lowest BCUT2D eigenvalue weighted by Crippen LogP contribution is -2.22. The van der Waals surface area contributed by atoms with Gasteiger partial charge in [0.25, 0.3) is 0 Å². The summed E-state index contributed by atoms with van der Waals surface area (Å²) in [6.45, 7) is 7.64. The Bertz CT molecular complexity index is 352. The molecule has 0 fully saturated rings. The molecule has 0 aliphatic rings. The molecule has 2 nitrogen and oxygen atoms in total. The SMILES string of the molecule is CCNC(CC(C)C)c1ccc(OC)c(Br)c1. The highest BCUT2D eigenvalue weighted by molar-refractivity contribution is 9.10. The Morgan fingerprint density at radius 2 is 2.06 bits per heavy atom. The minimum Gasteiger partial charge on any atom is -0.496 e. The molecule has 0 aliphatic carbocycles. The van der Waals surface area contributed by atoms with Crippen molar-refractivity contribution in [2.45, 2.75) is 33.2 Å². The van der Waals surface area contributed by atoms with Crippen LogP contribution in [0.5, 0.6) is 5.75 Å². The molecule has 0 amide bonds. The van der Waals surface area contributed by atoms with E-state index in [-0.39, 0.29) is 0 Å². The maximum atomic E-state index is 5.25. The van der Waals surface area contributed by atoms with E-state index in [1.165, 1.54) is 5.56 Å². The van der Waals surface area contributed by atoms with E-state index >= 15 is 0 Å². The van der Waals surface area contributed by atoms with Crippen LogP contribution in [0.1, 0.15) is 38.8 Å². The Labute approximate surface area is 113 Å². The van der Waals surface area contributed by atoms with Crippen LogP contribution in [-0.2, 0) is 0 Å². The molecule has 1 N–H and O–H groups in total. The van der Waals surface area contributed by atoms with E-state index < -0.39 is 0 Å². The summed E-state index contributed by atoms with van der Waals surface area (Å²) in [5.74, 6) is 1.56. The van der Waals surface area contributed by atoms with Crippen molar-refractivity contribution in [3.63, 3.8) is 0 Å². The minimum absolute atomic E-state index is 0.419. The quantitative estimate of drug-likeness (QED) is 0.852. The van der Waals surface area contributed by atoms with Crippen LogP contribution >= 0.6 is 15.9 Å². The molecule has 0 bridgehead atoms. The van der Waals surface area contributed by atoms with Crippen LogP contribution in [0.25, 0.3) is 0 Å². The van der Waals surface area contributed by atoms with E-state index in [9.17, 15) is 0 Å². The zero-order valence-corrected chi connectivity index (χ0v) is 12.7. The fourth-order valence-corrected chi connectivity index (χ4v) is 2.51. The number of benzene rings is 1. The molecule has 3 heteroatoms. The Morgan fingerprint density at radius 3 is 2.53 bits per heavy atom. The first-order chi connectivity index (χ1) is 8.08. The van der Waals surface area contributed by atoms with Crippen molar-refractivity contribution in [2.75, 3.05) is 13.7 Å². The van der Waals surface area contributed by atoms with Gasteiger partial charge in [-0.3, -0.25) is 0 Å². The van der Waals surface area contributed by atoms with Gasteiger partial charge < -0.3 is 10.1 Å². The molecule has 0 saturated heterocycles. The van der Waals surface area contributed by atoms with Crippen molar-refractivity contribution in [3.8, 4) is 5.75 Å². The molecule has 1 aromatic carbocycles. The number of methoxy groups -OCH3 is 1. The predicted molar refractivity (Wildman–Crippen MR) is 76.6 cm³/mol. The molecule has 1 aromatic rings. The van der Waals surface area contributed by atoms with Crippen LogP contribution in [-0.4, -0.2) is 13.7 Å². The maximum absolute atomic E-state index is 5.25. The number of nitrogens with one attached hydrogen (secondary N) is 1. The second-order valence-electron chi connectivity index (χ2n) is 4.63. The topological polar surface area (TPSA) is 21.3 Å². The molecule has 0 aromatic heterocycles. The highest BCUT2D eigenvalue weighted by atomic mass is 79.9. The average molecular weight is 300 g/mol. The third-order valence-electron chi connectivity index (χ3n) is 2.74. The fourth-order valence-electron chi connectivity index (χ4n) is 1.95. The molecular formula is C14H22BrNO. The molecule has 96 valence electrons. The van der Waals surface area contributed by atoms with Gasteiger partial charge in [-0.2, -0.15) is 0 Å². The van der Waals surface area contributed by atoms with Gasteiger partial charge in [0.2, 0.25) is 0 Å². The van der Waals surface area contributed by atoms with Crippen LogP contribution in [0, 0.1) is 5.92 Å². The van der Waals surface area contributed by atoms with Gasteiger partial charge in [0.05, 0.1) is 11.6 Å².